The Morgan fingerprint density at radius 2 is 1.92 bits per heavy atom. The van der Waals surface area contributed by atoms with Gasteiger partial charge in [-0.05, 0) is 0 Å². The van der Waals surface area contributed by atoms with Crippen LogP contribution in [0, 0.1) is 0 Å². The second kappa shape index (κ2) is 4.35. The van der Waals surface area contributed by atoms with Crippen molar-refractivity contribution in [2.75, 3.05) is 5.75 Å². The van der Waals surface area contributed by atoms with Crippen molar-refractivity contribution in [3.8, 4) is 0 Å². The van der Waals surface area contributed by atoms with Crippen LogP contribution in [0.1, 0.15) is 6.42 Å². The first-order chi connectivity index (χ1) is 5.72. The molecule has 1 unspecified atom stereocenters. The molecular formula is C6H10O6S. The number of aliphatic carboxylic acids is 1. The topological polar surface area (TPSA) is 112 Å². The van der Waals surface area contributed by atoms with E-state index < -0.39 is 34.4 Å². The number of carboxylic acid groups (broad SMARTS) is 1. The minimum absolute atomic E-state index is 0.309. The molecule has 0 amide bonds. The minimum atomic E-state index is -4.28. The third-order valence-electron chi connectivity index (χ3n) is 1.19. The van der Waals surface area contributed by atoms with Crippen LogP contribution in [0.25, 0.3) is 0 Å². The predicted octanol–water partition coefficient (Wildman–Crippen LogP) is -0.734. The number of carboxylic acids is 1. The van der Waals surface area contributed by atoms with Gasteiger partial charge in [0.25, 0.3) is 10.1 Å². The molecule has 0 rings (SSSR count). The standard InChI is InChI=1S/C6H10O6S/c1-4(6(8)9)2-5(7)3-13(10,11)12/h5,7H,1-3H2,(H,8,9)(H,10,11,12). The van der Waals surface area contributed by atoms with Crippen LogP contribution in [0.2, 0.25) is 0 Å². The van der Waals surface area contributed by atoms with Gasteiger partial charge in [0, 0.05) is 12.0 Å². The van der Waals surface area contributed by atoms with Crippen molar-refractivity contribution in [1.29, 1.82) is 0 Å². The molecule has 0 fully saturated rings. The van der Waals surface area contributed by atoms with Gasteiger partial charge in [0.1, 0.15) is 5.75 Å². The fourth-order valence-electron chi connectivity index (χ4n) is 0.674. The molecule has 0 aliphatic rings. The lowest BCUT2D eigenvalue weighted by Gasteiger charge is -2.07. The summed E-state index contributed by atoms with van der Waals surface area (Å²) in [6.07, 6.45) is -1.84. The van der Waals surface area contributed by atoms with Gasteiger partial charge in [-0.25, -0.2) is 4.79 Å². The van der Waals surface area contributed by atoms with Gasteiger partial charge in [0.2, 0.25) is 0 Å². The van der Waals surface area contributed by atoms with Crippen molar-refractivity contribution in [2.24, 2.45) is 0 Å². The third kappa shape index (κ3) is 6.26. The van der Waals surface area contributed by atoms with Crippen LogP contribution in [0.4, 0.5) is 0 Å². The van der Waals surface area contributed by atoms with Crippen LogP contribution < -0.4 is 0 Å². The average molecular weight is 210 g/mol. The highest BCUT2D eigenvalue weighted by molar-refractivity contribution is 7.85. The average Bonchev–Trinajstić information content (AvgIpc) is 1.81. The van der Waals surface area contributed by atoms with Crippen molar-refractivity contribution >= 4 is 16.1 Å². The summed E-state index contributed by atoms with van der Waals surface area (Å²) in [5.74, 6) is -2.20. The Hall–Kier alpha value is -0.920. The zero-order valence-electron chi connectivity index (χ0n) is 6.67. The van der Waals surface area contributed by atoms with E-state index in [0.717, 1.165) is 0 Å². The zero-order valence-corrected chi connectivity index (χ0v) is 7.49. The number of aliphatic hydroxyl groups excluding tert-OH is 1. The molecule has 0 spiro atoms. The van der Waals surface area contributed by atoms with Crippen LogP contribution in [0.15, 0.2) is 12.2 Å². The van der Waals surface area contributed by atoms with E-state index in [9.17, 15) is 13.2 Å². The van der Waals surface area contributed by atoms with Gasteiger partial charge >= 0.3 is 5.97 Å². The molecule has 0 bridgehead atoms. The van der Waals surface area contributed by atoms with Gasteiger partial charge in [0.15, 0.2) is 0 Å². The summed E-state index contributed by atoms with van der Waals surface area (Å²) in [7, 11) is -4.28. The monoisotopic (exact) mass is 210 g/mol. The van der Waals surface area contributed by atoms with Crippen LogP contribution >= 0.6 is 0 Å². The number of aliphatic hydroxyl groups is 1. The highest BCUT2D eigenvalue weighted by Crippen LogP contribution is 2.04. The summed E-state index contributed by atoms with van der Waals surface area (Å²) in [5.41, 5.74) is -0.309. The quantitative estimate of drug-likeness (QED) is 0.407. The molecule has 0 saturated carbocycles. The van der Waals surface area contributed by atoms with E-state index in [1.165, 1.54) is 0 Å². The highest BCUT2D eigenvalue weighted by atomic mass is 32.2. The summed E-state index contributed by atoms with van der Waals surface area (Å²) >= 11 is 0. The second-order valence-electron chi connectivity index (χ2n) is 2.52. The Bertz CT molecular complexity index is 303. The minimum Gasteiger partial charge on any atom is -0.478 e. The number of carbonyl (C=O) groups is 1. The normalized spacial score (nSPS) is 13.7. The lowest BCUT2D eigenvalue weighted by molar-refractivity contribution is -0.133. The summed E-state index contributed by atoms with van der Waals surface area (Å²) in [5, 5.41) is 17.2. The van der Waals surface area contributed by atoms with Crippen molar-refractivity contribution in [3.05, 3.63) is 12.2 Å². The Morgan fingerprint density at radius 1 is 1.46 bits per heavy atom. The largest absolute Gasteiger partial charge is 0.478 e. The zero-order chi connectivity index (χ0) is 10.6. The van der Waals surface area contributed by atoms with Crippen LogP contribution in [0.3, 0.4) is 0 Å². The molecule has 7 heteroatoms. The molecule has 13 heavy (non-hydrogen) atoms. The third-order valence-corrected chi connectivity index (χ3v) is 1.99. The van der Waals surface area contributed by atoms with Crippen LogP contribution in [0.5, 0.6) is 0 Å². The van der Waals surface area contributed by atoms with Crippen LogP contribution in [-0.4, -0.2) is 41.0 Å². The van der Waals surface area contributed by atoms with E-state index in [2.05, 4.69) is 6.58 Å². The van der Waals surface area contributed by atoms with Crippen molar-refractivity contribution < 1.29 is 28.0 Å². The van der Waals surface area contributed by atoms with Crippen molar-refractivity contribution in [3.63, 3.8) is 0 Å². The molecule has 1 atom stereocenters. The van der Waals surface area contributed by atoms with Gasteiger partial charge in [-0.2, -0.15) is 8.42 Å². The molecule has 0 aromatic rings. The predicted molar refractivity (Wildman–Crippen MR) is 43.8 cm³/mol. The second-order valence-corrected chi connectivity index (χ2v) is 4.01. The molecule has 0 saturated heterocycles. The molecular weight excluding hydrogens is 200 g/mol. The molecule has 0 aromatic heterocycles. The maximum Gasteiger partial charge on any atom is 0.331 e. The lowest BCUT2D eigenvalue weighted by Crippen LogP contribution is -2.22. The first-order valence-corrected chi connectivity index (χ1v) is 4.87. The van der Waals surface area contributed by atoms with Gasteiger partial charge in [0.05, 0.1) is 6.10 Å². The summed E-state index contributed by atoms with van der Waals surface area (Å²) in [6.45, 7) is 3.09. The smallest absolute Gasteiger partial charge is 0.331 e. The highest BCUT2D eigenvalue weighted by Gasteiger charge is 2.17. The van der Waals surface area contributed by atoms with Gasteiger partial charge in [-0.3, -0.25) is 4.55 Å². The lowest BCUT2D eigenvalue weighted by atomic mass is 10.1. The summed E-state index contributed by atoms with van der Waals surface area (Å²) in [4.78, 5) is 10.2. The van der Waals surface area contributed by atoms with E-state index in [-0.39, 0.29) is 5.57 Å². The summed E-state index contributed by atoms with van der Waals surface area (Å²) < 4.78 is 28.7. The molecule has 0 radical (unpaired) electrons. The molecule has 0 aromatic carbocycles. The number of rotatable bonds is 5. The van der Waals surface area contributed by atoms with E-state index >= 15 is 0 Å². The van der Waals surface area contributed by atoms with Crippen molar-refractivity contribution in [2.45, 2.75) is 12.5 Å². The Balaban J connectivity index is 4.10. The first-order valence-electron chi connectivity index (χ1n) is 3.26. The Labute approximate surface area is 75.3 Å². The molecule has 0 aliphatic carbocycles. The van der Waals surface area contributed by atoms with Crippen LogP contribution in [-0.2, 0) is 14.9 Å². The molecule has 0 aliphatic heterocycles. The molecule has 3 N–H and O–H groups in total. The van der Waals surface area contributed by atoms with Crippen molar-refractivity contribution in [1.82, 2.24) is 0 Å². The fraction of sp³-hybridized carbons (Fsp3) is 0.500. The molecule has 0 heterocycles. The SMILES string of the molecule is C=C(CC(O)CS(=O)(=O)O)C(=O)O. The van der Waals surface area contributed by atoms with Gasteiger partial charge in [-0.1, -0.05) is 6.58 Å². The Kier molecular flexibility index (Phi) is 4.05. The molecule has 6 nitrogen and oxygen atoms in total. The Morgan fingerprint density at radius 3 is 2.23 bits per heavy atom. The fourth-order valence-corrected chi connectivity index (χ4v) is 1.28. The van der Waals surface area contributed by atoms with Gasteiger partial charge < -0.3 is 10.2 Å². The summed E-state index contributed by atoms with van der Waals surface area (Å²) in [6, 6.07) is 0. The maximum absolute atomic E-state index is 10.2. The van der Waals surface area contributed by atoms with E-state index in [0.29, 0.717) is 0 Å². The van der Waals surface area contributed by atoms with E-state index in [1.807, 2.05) is 0 Å². The number of hydrogen-bond donors (Lipinski definition) is 3. The first kappa shape index (κ1) is 12.1. The van der Waals surface area contributed by atoms with Gasteiger partial charge in [-0.15, -0.1) is 0 Å². The van der Waals surface area contributed by atoms with E-state index in [4.69, 9.17) is 14.8 Å². The number of hydrogen-bond acceptors (Lipinski definition) is 4. The maximum atomic E-state index is 10.2. The van der Waals surface area contributed by atoms with E-state index in [1.54, 1.807) is 0 Å². The molecule has 76 valence electrons.